The summed E-state index contributed by atoms with van der Waals surface area (Å²) < 4.78 is 26.1. The number of methoxy groups -OCH3 is 2. The topological polar surface area (TPSA) is 104 Å². The first-order valence-corrected chi connectivity index (χ1v) is 11.8. The molecule has 10 nitrogen and oxygen atoms in total. The second-order valence-corrected chi connectivity index (χ2v) is 10.2. The Morgan fingerprint density at radius 1 is 0.794 bits per heavy atom. The number of ether oxygens (including phenoxy) is 5. The van der Waals surface area contributed by atoms with Crippen LogP contribution in [0.5, 0.6) is 0 Å². The van der Waals surface area contributed by atoms with Crippen LogP contribution >= 0.6 is 0 Å². The molecule has 34 heavy (non-hydrogen) atoms. The Labute approximate surface area is 204 Å². The van der Waals surface area contributed by atoms with Crippen molar-refractivity contribution in [2.75, 3.05) is 34.4 Å². The fourth-order valence-electron chi connectivity index (χ4n) is 4.01. The summed E-state index contributed by atoms with van der Waals surface area (Å²) in [6.45, 7) is 14.4. The van der Waals surface area contributed by atoms with Gasteiger partial charge in [0.05, 0.1) is 45.2 Å². The molecule has 0 aromatic rings. The Morgan fingerprint density at radius 2 is 1.24 bits per heavy atom. The van der Waals surface area contributed by atoms with Gasteiger partial charge in [-0.25, -0.2) is 9.59 Å². The SMILES string of the molecule is COC(=O)[C@@H]1C[C@H](OC(C)C)CN1C.COC(=O)[C@@H]1C[C@H](OC(C)C)CN1C(=O)OC(C)(C)C. The smallest absolute Gasteiger partial charge is 0.411 e. The van der Waals surface area contributed by atoms with Crippen molar-refractivity contribution in [2.24, 2.45) is 0 Å². The average Bonchev–Trinajstić information content (AvgIpc) is 3.28. The number of likely N-dealkylation sites (N-methyl/N-ethyl adjacent to an activating group) is 1. The van der Waals surface area contributed by atoms with E-state index in [0.717, 1.165) is 13.0 Å². The molecule has 2 rings (SSSR count). The Hall–Kier alpha value is -1.91. The summed E-state index contributed by atoms with van der Waals surface area (Å²) in [6, 6.07) is -0.776. The van der Waals surface area contributed by atoms with Crippen LogP contribution in [0.4, 0.5) is 4.79 Å². The molecule has 0 radical (unpaired) electrons. The molecule has 0 spiro atoms. The third-order valence-corrected chi connectivity index (χ3v) is 5.28. The van der Waals surface area contributed by atoms with Crippen LogP contribution < -0.4 is 0 Å². The van der Waals surface area contributed by atoms with Crippen LogP contribution in [0.3, 0.4) is 0 Å². The average molecular weight is 489 g/mol. The summed E-state index contributed by atoms with van der Waals surface area (Å²) in [4.78, 5) is 38.7. The van der Waals surface area contributed by atoms with Crippen LogP contribution in [0.25, 0.3) is 0 Å². The maximum Gasteiger partial charge on any atom is 0.411 e. The van der Waals surface area contributed by atoms with Gasteiger partial charge in [-0.2, -0.15) is 0 Å². The highest BCUT2D eigenvalue weighted by Crippen LogP contribution is 2.25. The first-order valence-electron chi connectivity index (χ1n) is 11.8. The maximum atomic E-state index is 12.2. The molecule has 0 aromatic heterocycles. The van der Waals surface area contributed by atoms with Gasteiger partial charge in [0.15, 0.2) is 0 Å². The van der Waals surface area contributed by atoms with Gasteiger partial charge in [-0.1, -0.05) is 0 Å². The zero-order valence-corrected chi connectivity index (χ0v) is 22.5. The van der Waals surface area contributed by atoms with Crippen LogP contribution in [0, 0.1) is 0 Å². The second kappa shape index (κ2) is 13.3. The van der Waals surface area contributed by atoms with Crippen LogP contribution in [-0.4, -0.2) is 104 Å². The number of esters is 2. The number of amides is 1. The summed E-state index contributed by atoms with van der Waals surface area (Å²) in [5, 5.41) is 0. The summed E-state index contributed by atoms with van der Waals surface area (Å²) in [5.74, 6) is -0.604. The third kappa shape index (κ3) is 9.76. The van der Waals surface area contributed by atoms with Crippen molar-refractivity contribution in [3.63, 3.8) is 0 Å². The summed E-state index contributed by atoms with van der Waals surface area (Å²) >= 11 is 0. The maximum absolute atomic E-state index is 12.2. The van der Waals surface area contributed by atoms with E-state index in [1.807, 2.05) is 39.6 Å². The van der Waals surface area contributed by atoms with Gasteiger partial charge in [0.1, 0.15) is 17.7 Å². The summed E-state index contributed by atoms with van der Waals surface area (Å²) in [5.41, 5.74) is -0.602. The highest BCUT2D eigenvalue weighted by atomic mass is 16.6. The van der Waals surface area contributed by atoms with Crippen molar-refractivity contribution in [2.45, 2.75) is 103 Å². The number of carbonyl (C=O) groups is 3. The molecular weight excluding hydrogens is 444 g/mol. The van der Waals surface area contributed by atoms with Gasteiger partial charge in [-0.05, 0) is 55.5 Å². The summed E-state index contributed by atoms with van der Waals surface area (Å²) in [7, 11) is 4.66. The van der Waals surface area contributed by atoms with E-state index >= 15 is 0 Å². The first-order chi connectivity index (χ1) is 15.7. The Morgan fingerprint density at radius 3 is 1.68 bits per heavy atom. The molecule has 2 heterocycles. The molecule has 1 amide bonds. The minimum absolute atomic E-state index is 0.0388. The molecule has 0 aliphatic carbocycles. The van der Waals surface area contributed by atoms with Crippen molar-refractivity contribution < 1.29 is 38.1 Å². The molecule has 198 valence electrons. The molecule has 2 aliphatic rings. The molecule has 0 N–H and O–H groups in total. The molecule has 0 unspecified atom stereocenters. The fourth-order valence-corrected chi connectivity index (χ4v) is 4.01. The zero-order chi connectivity index (χ0) is 26.2. The largest absolute Gasteiger partial charge is 0.468 e. The van der Waals surface area contributed by atoms with E-state index in [1.165, 1.54) is 19.1 Å². The van der Waals surface area contributed by atoms with Gasteiger partial charge in [0.25, 0.3) is 0 Å². The number of hydrogen-bond acceptors (Lipinski definition) is 9. The van der Waals surface area contributed by atoms with Gasteiger partial charge in [-0.15, -0.1) is 0 Å². The Bertz CT molecular complexity index is 676. The normalized spacial score (nSPS) is 25.2. The van der Waals surface area contributed by atoms with Gasteiger partial charge in [0, 0.05) is 19.4 Å². The van der Waals surface area contributed by atoms with E-state index in [4.69, 9.17) is 23.7 Å². The van der Waals surface area contributed by atoms with E-state index in [-0.39, 0.29) is 36.4 Å². The molecule has 10 heteroatoms. The first kappa shape index (κ1) is 30.1. The Balaban J connectivity index is 0.000000362. The van der Waals surface area contributed by atoms with Crippen LogP contribution in [-0.2, 0) is 33.3 Å². The van der Waals surface area contributed by atoms with Crippen LogP contribution in [0.15, 0.2) is 0 Å². The van der Waals surface area contributed by atoms with Gasteiger partial charge in [0.2, 0.25) is 0 Å². The van der Waals surface area contributed by atoms with Crippen molar-refractivity contribution in [1.82, 2.24) is 9.80 Å². The minimum atomic E-state index is -0.640. The summed E-state index contributed by atoms with van der Waals surface area (Å²) in [6.07, 6.45) is 0.894. The lowest BCUT2D eigenvalue weighted by Crippen LogP contribution is -2.44. The predicted octanol–water partition coefficient (Wildman–Crippen LogP) is 2.62. The number of rotatable bonds is 6. The molecule has 0 saturated carbocycles. The quantitative estimate of drug-likeness (QED) is 0.412. The van der Waals surface area contributed by atoms with Gasteiger partial charge < -0.3 is 23.7 Å². The highest BCUT2D eigenvalue weighted by molar-refractivity contribution is 5.82. The lowest BCUT2D eigenvalue weighted by atomic mass is 10.2. The standard InChI is InChI=1S/C14H25NO5.C10H19NO3/c1-9(2)19-10-7-11(12(16)18-6)15(8-10)13(17)20-14(3,4)5;1-7(2)14-8-5-9(10(12)13-4)11(3)6-8/h9-11H,7-8H2,1-6H3;7-9H,5-6H2,1-4H3/t10-,11-;8-,9-/m00/s1. The fraction of sp³-hybridized carbons (Fsp3) is 0.875. The van der Waals surface area contributed by atoms with E-state index in [2.05, 4.69) is 0 Å². The lowest BCUT2D eigenvalue weighted by molar-refractivity contribution is -0.146. The molecule has 2 saturated heterocycles. The second-order valence-electron chi connectivity index (χ2n) is 10.2. The lowest BCUT2D eigenvalue weighted by Gasteiger charge is -2.27. The molecule has 4 atom stereocenters. The monoisotopic (exact) mass is 488 g/mol. The predicted molar refractivity (Wildman–Crippen MR) is 126 cm³/mol. The number of likely N-dealkylation sites (tertiary alicyclic amines) is 2. The van der Waals surface area contributed by atoms with E-state index < -0.39 is 23.7 Å². The van der Waals surface area contributed by atoms with Crippen LogP contribution in [0.1, 0.15) is 61.3 Å². The van der Waals surface area contributed by atoms with E-state index in [9.17, 15) is 14.4 Å². The molecule has 0 aromatic carbocycles. The van der Waals surface area contributed by atoms with Crippen molar-refractivity contribution in [3.05, 3.63) is 0 Å². The molecule has 0 bridgehead atoms. The zero-order valence-electron chi connectivity index (χ0n) is 22.5. The van der Waals surface area contributed by atoms with Gasteiger partial charge >= 0.3 is 18.0 Å². The highest BCUT2D eigenvalue weighted by Gasteiger charge is 2.43. The number of nitrogens with zero attached hydrogens (tertiary/aromatic N) is 2. The van der Waals surface area contributed by atoms with Crippen molar-refractivity contribution in [1.29, 1.82) is 0 Å². The van der Waals surface area contributed by atoms with Crippen molar-refractivity contribution >= 4 is 18.0 Å². The molecule has 2 fully saturated rings. The number of hydrogen-bond donors (Lipinski definition) is 0. The minimum Gasteiger partial charge on any atom is -0.468 e. The van der Waals surface area contributed by atoms with E-state index in [0.29, 0.717) is 13.0 Å². The van der Waals surface area contributed by atoms with Crippen molar-refractivity contribution in [3.8, 4) is 0 Å². The molecular formula is C24H44N2O8. The number of carbonyl (C=O) groups excluding carboxylic acids is 3. The van der Waals surface area contributed by atoms with E-state index in [1.54, 1.807) is 20.8 Å². The Kier molecular flexibility index (Phi) is 11.7. The van der Waals surface area contributed by atoms with Crippen LogP contribution in [0.2, 0.25) is 0 Å². The third-order valence-electron chi connectivity index (χ3n) is 5.28. The van der Waals surface area contributed by atoms with Gasteiger partial charge in [-0.3, -0.25) is 14.6 Å². The molecule has 2 aliphatic heterocycles.